The Balaban J connectivity index is 0.00000145. The smallest absolute Gasteiger partial charge is 0.154 e. The molecular weight excluding hydrogens is 364 g/mol. The number of benzene rings is 3. The second-order valence-electron chi connectivity index (χ2n) is 6.03. The first-order valence-corrected chi connectivity index (χ1v) is 9.53. The summed E-state index contributed by atoms with van der Waals surface area (Å²) in [5, 5.41) is 21.7. The van der Waals surface area contributed by atoms with E-state index < -0.39 is 0 Å². The second-order valence-corrected chi connectivity index (χ2v) is 6.03. The zero-order valence-electron chi connectivity index (χ0n) is 16.8. The molecule has 6 heteroatoms. The lowest BCUT2D eigenvalue weighted by Gasteiger charge is -2.22. The van der Waals surface area contributed by atoms with Gasteiger partial charge in [0.2, 0.25) is 0 Å². The standard InChI is InChI=1S/C21H22N4O2.C2H6/c22-13-15-9-11-17(12-10-15)25(23)21(18-6-2-4-8-20(18)27)24-14-16-5-1-3-7-19(16)26;1-2/h1-12,26-27H,13-14,22-23H2;1-2H3. The summed E-state index contributed by atoms with van der Waals surface area (Å²) >= 11 is 0. The number of para-hydroxylation sites is 2. The Bertz CT molecular complexity index is 940. The highest BCUT2D eigenvalue weighted by atomic mass is 16.3. The van der Waals surface area contributed by atoms with Crippen molar-refractivity contribution in [1.29, 1.82) is 0 Å². The Morgan fingerprint density at radius 3 is 2.03 bits per heavy atom. The Labute approximate surface area is 171 Å². The number of nitrogens with zero attached hydrogens (tertiary/aromatic N) is 2. The van der Waals surface area contributed by atoms with Crippen molar-refractivity contribution in [3.63, 3.8) is 0 Å². The maximum absolute atomic E-state index is 10.3. The fourth-order valence-electron chi connectivity index (χ4n) is 2.67. The summed E-state index contributed by atoms with van der Waals surface area (Å²) in [6, 6.07) is 21.3. The molecule has 0 aliphatic heterocycles. The van der Waals surface area contributed by atoms with Gasteiger partial charge >= 0.3 is 0 Å². The quantitative estimate of drug-likeness (QED) is 0.228. The average Bonchev–Trinajstić information content (AvgIpc) is 2.77. The van der Waals surface area contributed by atoms with E-state index in [4.69, 9.17) is 11.6 Å². The Morgan fingerprint density at radius 1 is 0.862 bits per heavy atom. The van der Waals surface area contributed by atoms with Gasteiger partial charge in [-0.3, -0.25) is 10.0 Å². The van der Waals surface area contributed by atoms with Gasteiger partial charge in [0, 0.05) is 12.1 Å². The largest absolute Gasteiger partial charge is 0.508 e. The van der Waals surface area contributed by atoms with Crippen LogP contribution in [-0.4, -0.2) is 16.0 Å². The Morgan fingerprint density at radius 2 is 1.45 bits per heavy atom. The molecule has 0 aliphatic carbocycles. The third-order valence-corrected chi connectivity index (χ3v) is 4.21. The van der Waals surface area contributed by atoms with Gasteiger partial charge in [0.1, 0.15) is 11.5 Å². The highest BCUT2D eigenvalue weighted by Gasteiger charge is 2.16. The van der Waals surface area contributed by atoms with Crippen LogP contribution in [0, 0.1) is 0 Å². The minimum atomic E-state index is 0.0718. The molecular formula is C23H28N4O2. The van der Waals surface area contributed by atoms with Crippen LogP contribution in [-0.2, 0) is 13.1 Å². The molecule has 0 unspecified atom stereocenters. The highest BCUT2D eigenvalue weighted by molar-refractivity contribution is 6.10. The fraction of sp³-hybridized carbons (Fsp3) is 0.174. The van der Waals surface area contributed by atoms with E-state index in [1.807, 2.05) is 44.2 Å². The van der Waals surface area contributed by atoms with Gasteiger partial charge in [-0.15, -0.1) is 0 Å². The van der Waals surface area contributed by atoms with E-state index in [-0.39, 0.29) is 18.0 Å². The molecule has 3 aromatic rings. The number of hydrogen-bond acceptors (Lipinski definition) is 5. The van der Waals surface area contributed by atoms with E-state index in [1.54, 1.807) is 42.5 Å². The zero-order chi connectivity index (χ0) is 21.2. The number of aromatic hydroxyl groups is 2. The molecule has 0 aromatic heterocycles. The molecule has 0 saturated carbocycles. The summed E-state index contributed by atoms with van der Waals surface area (Å²) in [6.07, 6.45) is 0. The number of nitrogens with two attached hydrogens (primary N) is 2. The van der Waals surface area contributed by atoms with Crippen LogP contribution in [0.1, 0.15) is 30.5 Å². The van der Waals surface area contributed by atoms with Crippen LogP contribution < -0.4 is 16.6 Å². The Hall–Kier alpha value is -3.35. The van der Waals surface area contributed by atoms with Crippen molar-refractivity contribution in [2.75, 3.05) is 5.01 Å². The van der Waals surface area contributed by atoms with E-state index in [9.17, 15) is 10.2 Å². The molecule has 152 valence electrons. The summed E-state index contributed by atoms with van der Waals surface area (Å²) in [6.45, 7) is 4.66. The number of phenols is 2. The first-order chi connectivity index (χ1) is 14.1. The zero-order valence-corrected chi connectivity index (χ0v) is 16.8. The van der Waals surface area contributed by atoms with E-state index in [0.29, 0.717) is 29.2 Å². The van der Waals surface area contributed by atoms with Crippen LogP contribution in [0.15, 0.2) is 77.8 Å². The maximum atomic E-state index is 10.3. The fourth-order valence-corrected chi connectivity index (χ4v) is 2.67. The number of rotatable bonds is 5. The van der Waals surface area contributed by atoms with Gasteiger partial charge in [0.05, 0.1) is 17.8 Å². The minimum absolute atomic E-state index is 0.0718. The molecule has 29 heavy (non-hydrogen) atoms. The topological polar surface area (TPSA) is 108 Å². The van der Waals surface area contributed by atoms with Crippen LogP contribution in [0.5, 0.6) is 11.5 Å². The van der Waals surface area contributed by atoms with Crippen molar-refractivity contribution < 1.29 is 10.2 Å². The van der Waals surface area contributed by atoms with Crippen LogP contribution in [0.25, 0.3) is 0 Å². The summed E-state index contributed by atoms with van der Waals surface area (Å²) in [5.41, 5.74) is 8.50. The highest BCUT2D eigenvalue weighted by Crippen LogP contribution is 2.23. The summed E-state index contributed by atoms with van der Waals surface area (Å²) < 4.78 is 0. The van der Waals surface area contributed by atoms with Crippen molar-refractivity contribution in [2.24, 2.45) is 16.6 Å². The predicted octanol–water partition coefficient (Wildman–Crippen LogP) is 3.91. The summed E-state index contributed by atoms with van der Waals surface area (Å²) in [7, 11) is 0. The van der Waals surface area contributed by atoms with E-state index in [2.05, 4.69) is 4.99 Å². The first-order valence-electron chi connectivity index (χ1n) is 9.53. The van der Waals surface area contributed by atoms with E-state index in [1.165, 1.54) is 5.01 Å². The molecule has 6 N–H and O–H groups in total. The molecule has 0 amide bonds. The number of amidine groups is 1. The minimum Gasteiger partial charge on any atom is -0.508 e. The molecule has 0 spiro atoms. The van der Waals surface area contributed by atoms with Crippen LogP contribution in [0.3, 0.4) is 0 Å². The third-order valence-electron chi connectivity index (χ3n) is 4.21. The molecule has 0 heterocycles. The van der Waals surface area contributed by atoms with E-state index >= 15 is 0 Å². The van der Waals surface area contributed by atoms with Crippen molar-refractivity contribution in [2.45, 2.75) is 26.9 Å². The number of phenolic OH excluding ortho intramolecular Hbond substituents is 2. The first kappa shape index (κ1) is 21.9. The van der Waals surface area contributed by atoms with Crippen molar-refractivity contribution >= 4 is 11.5 Å². The molecule has 3 rings (SSSR count). The molecule has 0 bridgehead atoms. The molecule has 0 aliphatic rings. The van der Waals surface area contributed by atoms with Gasteiger partial charge in [0.15, 0.2) is 5.84 Å². The SMILES string of the molecule is CC.NCc1ccc(N(N)C(=NCc2ccccc2O)c2ccccc2O)cc1. The van der Waals surface area contributed by atoms with Gasteiger partial charge in [-0.1, -0.05) is 56.3 Å². The number of hydrogen-bond donors (Lipinski definition) is 4. The lowest BCUT2D eigenvalue weighted by molar-refractivity contribution is 0.468. The third kappa shape index (κ3) is 5.57. The van der Waals surface area contributed by atoms with Crippen molar-refractivity contribution in [1.82, 2.24) is 0 Å². The Kier molecular flexibility index (Phi) is 8.21. The lowest BCUT2D eigenvalue weighted by atomic mass is 10.1. The molecule has 0 atom stereocenters. The number of anilines is 1. The van der Waals surface area contributed by atoms with Gasteiger partial charge in [0.25, 0.3) is 0 Å². The molecule has 0 fully saturated rings. The van der Waals surface area contributed by atoms with Crippen LogP contribution in [0.2, 0.25) is 0 Å². The second kappa shape index (κ2) is 10.8. The molecule has 0 saturated heterocycles. The van der Waals surface area contributed by atoms with Crippen molar-refractivity contribution in [3.05, 3.63) is 89.5 Å². The average molecular weight is 393 g/mol. The summed E-state index contributed by atoms with van der Waals surface area (Å²) in [5.74, 6) is 6.95. The van der Waals surface area contributed by atoms with Gasteiger partial charge < -0.3 is 15.9 Å². The van der Waals surface area contributed by atoms with Gasteiger partial charge in [-0.2, -0.15) is 0 Å². The summed E-state index contributed by atoms with van der Waals surface area (Å²) in [4.78, 5) is 4.58. The predicted molar refractivity (Wildman–Crippen MR) is 119 cm³/mol. The van der Waals surface area contributed by atoms with Crippen LogP contribution in [0.4, 0.5) is 5.69 Å². The molecule has 6 nitrogen and oxygen atoms in total. The number of aliphatic imine (C=N–C) groups is 1. The lowest BCUT2D eigenvalue weighted by Crippen LogP contribution is -2.38. The maximum Gasteiger partial charge on any atom is 0.154 e. The monoisotopic (exact) mass is 392 g/mol. The van der Waals surface area contributed by atoms with Crippen molar-refractivity contribution in [3.8, 4) is 11.5 Å². The van der Waals surface area contributed by atoms with E-state index in [0.717, 1.165) is 5.56 Å². The molecule has 3 aromatic carbocycles. The van der Waals surface area contributed by atoms with Crippen LogP contribution >= 0.6 is 0 Å². The van der Waals surface area contributed by atoms with Gasteiger partial charge in [-0.05, 0) is 35.9 Å². The molecule has 0 radical (unpaired) electrons. The van der Waals surface area contributed by atoms with Gasteiger partial charge in [-0.25, -0.2) is 5.84 Å². The normalized spacial score (nSPS) is 10.8. The number of hydrazine groups is 1.